The SMILES string of the molecule is Cc1nc(NC(=O)c2sc3nc4c(C)ccc(C)c4cc3c2N)sc1C. The molecular formula is C19H18N4OS2. The van der Waals surface area contributed by atoms with Crippen molar-refractivity contribution in [1.29, 1.82) is 0 Å². The van der Waals surface area contributed by atoms with E-state index in [1.807, 2.05) is 26.8 Å². The molecule has 132 valence electrons. The predicted molar refractivity (Wildman–Crippen MR) is 111 cm³/mol. The number of nitrogen functional groups attached to an aromatic ring is 1. The number of thiazole rings is 1. The molecule has 26 heavy (non-hydrogen) atoms. The summed E-state index contributed by atoms with van der Waals surface area (Å²) in [6.07, 6.45) is 0. The van der Waals surface area contributed by atoms with Crippen LogP contribution in [0.15, 0.2) is 18.2 Å². The van der Waals surface area contributed by atoms with Gasteiger partial charge in [0.05, 0.1) is 16.9 Å². The molecule has 7 heteroatoms. The smallest absolute Gasteiger partial charge is 0.269 e. The number of pyridine rings is 1. The second kappa shape index (κ2) is 6.03. The molecule has 0 radical (unpaired) electrons. The number of hydrogen-bond donors (Lipinski definition) is 2. The third-order valence-electron chi connectivity index (χ3n) is 4.56. The molecule has 3 N–H and O–H groups in total. The van der Waals surface area contributed by atoms with Gasteiger partial charge in [0.2, 0.25) is 0 Å². The number of aromatic nitrogens is 2. The van der Waals surface area contributed by atoms with E-state index in [2.05, 4.69) is 29.4 Å². The lowest BCUT2D eigenvalue weighted by atomic mass is 10.0. The van der Waals surface area contributed by atoms with Gasteiger partial charge in [-0.05, 0) is 44.9 Å². The molecule has 0 aliphatic carbocycles. The average Bonchev–Trinajstić information content (AvgIpc) is 3.09. The van der Waals surface area contributed by atoms with Crippen molar-refractivity contribution in [2.45, 2.75) is 27.7 Å². The second-order valence-corrected chi connectivity index (χ2v) is 8.60. The van der Waals surface area contributed by atoms with Gasteiger partial charge in [-0.2, -0.15) is 0 Å². The lowest BCUT2D eigenvalue weighted by molar-refractivity contribution is 0.103. The maximum Gasteiger partial charge on any atom is 0.269 e. The van der Waals surface area contributed by atoms with Crippen molar-refractivity contribution in [3.8, 4) is 0 Å². The quantitative estimate of drug-likeness (QED) is 0.513. The fraction of sp³-hybridized carbons (Fsp3) is 0.211. The Kier molecular flexibility index (Phi) is 3.93. The van der Waals surface area contributed by atoms with Crippen molar-refractivity contribution in [2.75, 3.05) is 11.1 Å². The van der Waals surface area contributed by atoms with Gasteiger partial charge in [-0.25, -0.2) is 9.97 Å². The maximum atomic E-state index is 12.7. The van der Waals surface area contributed by atoms with Gasteiger partial charge in [0, 0.05) is 15.6 Å². The molecule has 1 aromatic carbocycles. The lowest BCUT2D eigenvalue weighted by Crippen LogP contribution is -2.11. The average molecular weight is 383 g/mol. The minimum Gasteiger partial charge on any atom is -0.397 e. The molecule has 5 nitrogen and oxygen atoms in total. The minimum absolute atomic E-state index is 0.239. The first kappa shape index (κ1) is 16.9. The van der Waals surface area contributed by atoms with Crippen molar-refractivity contribution < 1.29 is 4.79 Å². The summed E-state index contributed by atoms with van der Waals surface area (Å²) in [5.41, 5.74) is 10.9. The van der Waals surface area contributed by atoms with E-state index in [1.165, 1.54) is 22.7 Å². The third kappa shape index (κ3) is 2.64. The van der Waals surface area contributed by atoms with E-state index in [9.17, 15) is 4.79 Å². The summed E-state index contributed by atoms with van der Waals surface area (Å²) in [5, 5.41) is 5.34. The van der Waals surface area contributed by atoms with Gasteiger partial charge in [-0.1, -0.05) is 12.1 Å². The first-order chi connectivity index (χ1) is 12.3. The number of carbonyl (C=O) groups is 1. The topological polar surface area (TPSA) is 80.9 Å². The molecule has 1 amide bonds. The van der Waals surface area contributed by atoms with Crippen molar-refractivity contribution in [3.63, 3.8) is 0 Å². The highest BCUT2D eigenvalue weighted by Crippen LogP contribution is 2.36. The Morgan fingerprint density at radius 3 is 2.46 bits per heavy atom. The Bertz CT molecular complexity index is 1170. The van der Waals surface area contributed by atoms with Crippen molar-refractivity contribution in [2.24, 2.45) is 0 Å². The van der Waals surface area contributed by atoms with Crippen LogP contribution in [0.25, 0.3) is 21.1 Å². The molecule has 0 saturated heterocycles. The first-order valence-electron chi connectivity index (χ1n) is 8.19. The van der Waals surface area contributed by atoms with Crippen LogP contribution in [-0.2, 0) is 0 Å². The molecule has 0 saturated carbocycles. The maximum absolute atomic E-state index is 12.7. The Hall–Kier alpha value is -2.51. The Balaban J connectivity index is 1.81. The summed E-state index contributed by atoms with van der Waals surface area (Å²) in [7, 11) is 0. The van der Waals surface area contributed by atoms with Crippen molar-refractivity contribution >= 4 is 60.5 Å². The number of anilines is 2. The van der Waals surface area contributed by atoms with Crippen molar-refractivity contribution in [3.05, 3.63) is 44.8 Å². The molecule has 0 aliphatic rings. The van der Waals surface area contributed by atoms with Crippen LogP contribution in [0.4, 0.5) is 10.8 Å². The van der Waals surface area contributed by atoms with Crippen LogP contribution in [0.1, 0.15) is 31.4 Å². The molecule has 0 atom stereocenters. The number of nitrogens with zero attached hydrogens (tertiary/aromatic N) is 2. The molecule has 0 aliphatic heterocycles. The van der Waals surface area contributed by atoms with E-state index in [-0.39, 0.29) is 5.91 Å². The van der Waals surface area contributed by atoms with Crippen molar-refractivity contribution in [1.82, 2.24) is 9.97 Å². The number of nitrogens with one attached hydrogen (secondary N) is 1. The highest BCUT2D eigenvalue weighted by atomic mass is 32.1. The van der Waals surface area contributed by atoms with E-state index in [0.29, 0.717) is 15.7 Å². The summed E-state index contributed by atoms with van der Waals surface area (Å²) in [5.74, 6) is -0.239. The number of benzene rings is 1. The number of nitrogens with two attached hydrogens (primary N) is 1. The van der Waals surface area contributed by atoms with E-state index < -0.39 is 0 Å². The highest BCUT2D eigenvalue weighted by molar-refractivity contribution is 7.21. The van der Waals surface area contributed by atoms with E-state index in [0.717, 1.165) is 42.8 Å². The zero-order valence-corrected chi connectivity index (χ0v) is 16.6. The summed E-state index contributed by atoms with van der Waals surface area (Å²) in [6.45, 7) is 8.00. The molecule has 3 heterocycles. The van der Waals surface area contributed by atoms with Crippen LogP contribution in [0, 0.1) is 27.7 Å². The molecule has 4 rings (SSSR count). The Morgan fingerprint density at radius 1 is 1.04 bits per heavy atom. The summed E-state index contributed by atoms with van der Waals surface area (Å²) < 4.78 is 0. The normalized spacial score (nSPS) is 11.4. The number of carbonyl (C=O) groups excluding carboxylic acids is 1. The number of hydrogen-bond acceptors (Lipinski definition) is 6. The molecule has 3 aromatic heterocycles. The molecule has 0 spiro atoms. The molecule has 0 unspecified atom stereocenters. The van der Waals surface area contributed by atoms with Crippen LogP contribution in [0.3, 0.4) is 0 Å². The van der Waals surface area contributed by atoms with Crippen LogP contribution in [-0.4, -0.2) is 15.9 Å². The zero-order chi connectivity index (χ0) is 18.6. The largest absolute Gasteiger partial charge is 0.397 e. The summed E-state index contributed by atoms with van der Waals surface area (Å²) in [6, 6.07) is 6.18. The number of fused-ring (bicyclic) bond motifs is 2. The monoisotopic (exact) mass is 382 g/mol. The lowest BCUT2D eigenvalue weighted by Gasteiger charge is -2.05. The first-order valence-corrected chi connectivity index (χ1v) is 9.82. The van der Waals surface area contributed by atoms with Crippen LogP contribution in [0.2, 0.25) is 0 Å². The number of thiophene rings is 1. The number of aryl methyl sites for hydroxylation is 4. The highest BCUT2D eigenvalue weighted by Gasteiger charge is 2.20. The third-order valence-corrected chi connectivity index (χ3v) is 6.66. The van der Waals surface area contributed by atoms with E-state index in [1.54, 1.807) is 0 Å². The van der Waals surface area contributed by atoms with Crippen LogP contribution >= 0.6 is 22.7 Å². The Labute approximate surface area is 158 Å². The fourth-order valence-corrected chi connectivity index (χ4v) is 4.69. The minimum atomic E-state index is -0.239. The predicted octanol–water partition coefficient (Wildman–Crippen LogP) is 4.97. The van der Waals surface area contributed by atoms with Gasteiger partial charge >= 0.3 is 0 Å². The van der Waals surface area contributed by atoms with Gasteiger partial charge in [0.25, 0.3) is 5.91 Å². The standard InChI is InChI=1S/C19H18N4OS2/c1-8-5-6-9(2)15-12(8)7-13-14(20)16(26-18(13)22-15)17(24)23-19-21-10(3)11(4)25-19/h5-7H,20H2,1-4H3,(H,21,23,24). The second-order valence-electron chi connectivity index (χ2n) is 6.40. The zero-order valence-electron chi connectivity index (χ0n) is 14.9. The van der Waals surface area contributed by atoms with Gasteiger partial charge in [0.1, 0.15) is 9.71 Å². The fourth-order valence-electron chi connectivity index (χ4n) is 2.91. The Morgan fingerprint density at radius 2 is 1.77 bits per heavy atom. The van der Waals surface area contributed by atoms with Gasteiger partial charge in [0.15, 0.2) is 5.13 Å². The van der Waals surface area contributed by atoms with Crippen LogP contribution < -0.4 is 11.1 Å². The van der Waals surface area contributed by atoms with Gasteiger partial charge in [-0.15, -0.1) is 22.7 Å². The number of amides is 1. The van der Waals surface area contributed by atoms with E-state index >= 15 is 0 Å². The summed E-state index contributed by atoms with van der Waals surface area (Å²) >= 11 is 2.78. The molecule has 0 bridgehead atoms. The van der Waals surface area contributed by atoms with Gasteiger partial charge < -0.3 is 5.73 Å². The molecule has 0 fully saturated rings. The van der Waals surface area contributed by atoms with Gasteiger partial charge in [-0.3, -0.25) is 10.1 Å². The van der Waals surface area contributed by atoms with E-state index in [4.69, 9.17) is 10.7 Å². The number of rotatable bonds is 2. The summed E-state index contributed by atoms with van der Waals surface area (Å²) in [4.78, 5) is 24.2. The van der Waals surface area contributed by atoms with Crippen LogP contribution in [0.5, 0.6) is 0 Å². The molecular weight excluding hydrogens is 364 g/mol. The molecule has 4 aromatic rings.